The van der Waals surface area contributed by atoms with Gasteiger partial charge in [0.1, 0.15) is 0 Å². The summed E-state index contributed by atoms with van der Waals surface area (Å²) in [6.45, 7) is 0. The van der Waals surface area contributed by atoms with Crippen LogP contribution in [-0.4, -0.2) is 19.9 Å². The van der Waals surface area contributed by atoms with Crippen molar-refractivity contribution in [3.05, 3.63) is 200 Å². The van der Waals surface area contributed by atoms with Gasteiger partial charge in [-0.05, 0) is 75.2 Å². The topological polar surface area (TPSA) is 51.6 Å². The van der Waals surface area contributed by atoms with Crippen LogP contribution in [0, 0.1) is 0 Å². The minimum atomic E-state index is 0.639. The fourth-order valence-electron chi connectivity index (χ4n) is 7.72. The molecule has 264 valence electrons. The van der Waals surface area contributed by atoms with Crippen molar-refractivity contribution in [2.75, 3.05) is 0 Å². The summed E-state index contributed by atoms with van der Waals surface area (Å²) < 4.78 is 0. The van der Waals surface area contributed by atoms with Crippen LogP contribution in [-0.2, 0) is 0 Å². The minimum Gasteiger partial charge on any atom is -0.247 e. The molecule has 0 saturated heterocycles. The zero-order chi connectivity index (χ0) is 37.3. The SMILES string of the molecule is C1=CC(c2cc(-c3ccccc3)c3c(n2)c(-c2cccc(-c4ccc(-c5nc(-c6ccccc6)nc(-c6ccccc6)n5)cc4)c2)cc2ccccc23)=CCC1. The molecule has 0 fully saturated rings. The molecule has 2 heterocycles. The average Bonchev–Trinajstić information content (AvgIpc) is 3.29. The molecule has 0 N–H and O–H groups in total. The van der Waals surface area contributed by atoms with Crippen LogP contribution in [0.4, 0.5) is 0 Å². The zero-order valence-corrected chi connectivity index (χ0v) is 30.7. The van der Waals surface area contributed by atoms with Crippen molar-refractivity contribution in [3.63, 3.8) is 0 Å². The van der Waals surface area contributed by atoms with E-state index in [-0.39, 0.29) is 0 Å². The molecule has 0 saturated carbocycles. The first-order chi connectivity index (χ1) is 27.7. The molecule has 9 aromatic rings. The van der Waals surface area contributed by atoms with Crippen LogP contribution < -0.4 is 0 Å². The number of fused-ring (bicyclic) bond motifs is 3. The Hall–Kier alpha value is -7.30. The molecule has 4 nitrogen and oxygen atoms in total. The van der Waals surface area contributed by atoms with Crippen LogP contribution in [0.1, 0.15) is 18.5 Å². The maximum Gasteiger partial charge on any atom is 0.164 e. The number of rotatable bonds is 7. The van der Waals surface area contributed by atoms with Gasteiger partial charge in [-0.25, -0.2) is 19.9 Å². The smallest absolute Gasteiger partial charge is 0.164 e. The molecule has 7 aromatic carbocycles. The van der Waals surface area contributed by atoms with Gasteiger partial charge in [-0.15, -0.1) is 0 Å². The molecule has 0 radical (unpaired) electrons. The number of hydrogen-bond donors (Lipinski definition) is 0. The summed E-state index contributed by atoms with van der Waals surface area (Å²) in [6, 6.07) is 61.5. The van der Waals surface area contributed by atoms with E-state index in [1.165, 1.54) is 32.9 Å². The summed E-state index contributed by atoms with van der Waals surface area (Å²) in [5.41, 5.74) is 12.9. The molecule has 10 rings (SSSR count). The van der Waals surface area contributed by atoms with Gasteiger partial charge in [-0.1, -0.05) is 176 Å². The van der Waals surface area contributed by atoms with Crippen molar-refractivity contribution >= 4 is 27.2 Å². The third-order valence-electron chi connectivity index (χ3n) is 10.5. The summed E-state index contributed by atoms with van der Waals surface area (Å²) in [5.74, 6) is 1.94. The molecule has 0 bridgehead atoms. The monoisotopic (exact) mass is 716 g/mol. The molecule has 0 amide bonds. The lowest BCUT2D eigenvalue weighted by atomic mass is 9.89. The second-order valence-electron chi connectivity index (χ2n) is 14.1. The fourth-order valence-corrected chi connectivity index (χ4v) is 7.72. The Morgan fingerprint density at radius 2 is 0.929 bits per heavy atom. The highest BCUT2D eigenvalue weighted by Gasteiger charge is 2.18. The normalized spacial score (nSPS) is 12.5. The molecule has 1 aliphatic carbocycles. The molecular weight excluding hydrogens is 681 g/mol. The lowest BCUT2D eigenvalue weighted by molar-refractivity contribution is 1.04. The number of pyridine rings is 1. The largest absolute Gasteiger partial charge is 0.247 e. The summed E-state index contributed by atoms with van der Waals surface area (Å²) in [4.78, 5) is 20.2. The summed E-state index contributed by atoms with van der Waals surface area (Å²) in [6.07, 6.45) is 8.87. The molecule has 0 unspecified atom stereocenters. The quantitative estimate of drug-likeness (QED) is 0.154. The lowest BCUT2D eigenvalue weighted by Gasteiger charge is -2.18. The first-order valence-corrected chi connectivity index (χ1v) is 19.1. The Kier molecular flexibility index (Phi) is 8.62. The van der Waals surface area contributed by atoms with Crippen LogP contribution in [0.25, 0.3) is 94.8 Å². The first kappa shape index (κ1) is 33.3. The number of benzene rings is 7. The van der Waals surface area contributed by atoms with E-state index in [4.69, 9.17) is 19.9 Å². The van der Waals surface area contributed by atoms with Crippen molar-refractivity contribution in [1.82, 2.24) is 19.9 Å². The lowest BCUT2D eigenvalue weighted by Crippen LogP contribution is -2.00. The first-order valence-electron chi connectivity index (χ1n) is 19.1. The predicted molar refractivity (Wildman–Crippen MR) is 232 cm³/mol. The summed E-state index contributed by atoms with van der Waals surface area (Å²) >= 11 is 0. The third kappa shape index (κ3) is 6.37. The number of nitrogens with zero attached hydrogens (tertiary/aromatic N) is 4. The van der Waals surface area contributed by atoms with E-state index < -0.39 is 0 Å². The van der Waals surface area contributed by atoms with Gasteiger partial charge >= 0.3 is 0 Å². The van der Waals surface area contributed by atoms with Gasteiger partial charge in [0.05, 0.1) is 11.2 Å². The fraction of sp³-hybridized carbons (Fsp3) is 0.0385. The van der Waals surface area contributed by atoms with E-state index in [0.717, 1.165) is 63.0 Å². The molecule has 2 aromatic heterocycles. The summed E-state index contributed by atoms with van der Waals surface area (Å²) in [5, 5.41) is 3.56. The van der Waals surface area contributed by atoms with Crippen LogP contribution in [0.3, 0.4) is 0 Å². The van der Waals surface area contributed by atoms with Crippen LogP contribution in [0.5, 0.6) is 0 Å². The minimum absolute atomic E-state index is 0.639. The predicted octanol–water partition coefficient (Wildman–Crippen LogP) is 13.3. The molecule has 1 aliphatic rings. The second-order valence-corrected chi connectivity index (χ2v) is 14.1. The maximum absolute atomic E-state index is 5.48. The highest BCUT2D eigenvalue weighted by atomic mass is 15.0. The van der Waals surface area contributed by atoms with Crippen molar-refractivity contribution in [2.24, 2.45) is 0 Å². The molecule has 4 heteroatoms. The van der Waals surface area contributed by atoms with E-state index in [1.54, 1.807) is 0 Å². The van der Waals surface area contributed by atoms with Crippen molar-refractivity contribution in [3.8, 4) is 67.5 Å². The standard InChI is InChI=1S/C52H36N4/c1-5-16-36(17-6-1)45-34-47(37-18-7-2-8-19-37)53-49-46(33-43-24-13-14-27-44(43)48(45)49)42-26-15-25-41(32-42)35-28-30-40(31-29-35)52-55-50(38-20-9-3-10-21-38)54-51(56-52)39-22-11-4-12-23-39/h1,3-7,9-34H,2,8H2. The third-order valence-corrected chi connectivity index (χ3v) is 10.5. The van der Waals surface area contributed by atoms with E-state index in [9.17, 15) is 0 Å². The molecular formula is C52H36N4. The van der Waals surface area contributed by atoms with Crippen LogP contribution >= 0.6 is 0 Å². The maximum atomic E-state index is 5.48. The van der Waals surface area contributed by atoms with E-state index >= 15 is 0 Å². The number of hydrogen-bond acceptors (Lipinski definition) is 4. The van der Waals surface area contributed by atoms with Gasteiger partial charge in [0.15, 0.2) is 17.5 Å². The molecule has 0 aliphatic heterocycles. The number of allylic oxidation sites excluding steroid dienone is 4. The Bertz CT molecular complexity index is 2880. The Labute approximate surface area is 326 Å². The van der Waals surface area contributed by atoms with Gasteiger partial charge in [-0.2, -0.15) is 0 Å². The highest BCUT2D eigenvalue weighted by Crippen LogP contribution is 2.42. The van der Waals surface area contributed by atoms with Crippen molar-refractivity contribution in [2.45, 2.75) is 12.8 Å². The van der Waals surface area contributed by atoms with E-state index in [0.29, 0.717) is 17.5 Å². The Morgan fingerprint density at radius 1 is 0.375 bits per heavy atom. The Morgan fingerprint density at radius 3 is 1.57 bits per heavy atom. The molecule has 0 atom stereocenters. The number of aromatic nitrogens is 4. The van der Waals surface area contributed by atoms with Crippen molar-refractivity contribution < 1.29 is 0 Å². The van der Waals surface area contributed by atoms with Gasteiger partial charge in [0.2, 0.25) is 0 Å². The zero-order valence-electron chi connectivity index (χ0n) is 30.7. The highest BCUT2D eigenvalue weighted by molar-refractivity contribution is 6.18. The van der Waals surface area contributed by atoms with Crippen LogP contribution in [0.15, 0.2) is 194 Å². The van der Waals surface area contributed by atoms with Crippen molar-refractivity contribution in [1.29, 1.82) is 0 Å². The van der Waals surface area contributed by atoms with E-state index in [2.05, 4.69) is 133 Å². The average molecular weight is 717 g/mol. The summed E-state index contributed by atoms with van der Waals surface area (Å²) in [7, 11) is 0. The second kappa shape index (κ2) is 14.5. The van der Waals surface area contributed by atoms with Gasteiger partial charge in [-0.3, -0.25) is 0 Å². The van der Waals surface area contributed by atoms with Crippen LogP contribution in [0.2, 0.25) is 0 Å². The Balaban J connectivity index is 1.09. The molecule has 0 spiro atoms. The van der Waals surface area contributed by atoms with Gasteiger partial charge < -0.3 is 0 Å². The molecule has 56 heavy (non-hydrogen) atoms. The van der Waals surface area contributed by atoms with E-state index in [1.807, 2.05) is 60.7 Å². The van der Waals surface area contributed by atoms with Gasteiger partial charge in [0, 0.05) is 27.6 Å². The van der Waals surface area contributed by atoms with Gasteiger partial charge in [0.25, 0.3) is 0 Å².